The van der Waals surface area contributed by atoms with Gasteiger partial charge in [-0.1, -0.05) is 154 Å². The van der Waals surface area contributed by atoms with Gasteiger partial charge >= 0.3 is 0 Å². The van der Waals surface area contributed by atoms with Gasteiger partial charge in [-0.2, -0.15) is 0 Å². The number of imidazole rings is 1. The maximum absolute atomic E-state index is 9.18. The lowest BCUT2D eigenvalue weighted by molar-refractivity contribution is -0.570. The van der Waals surface area contributed by atoms with Gasteiger partial charge in [0.1, 0.15) is 17.3 Å². The van der Waals surface area contributed by atoms with Crippen molar-refractivity contribution in [2.24, 2.45) is 0 Å². The first-order valence-electron chi connectivity index (χ1n) is 35.7. The third-order valence-corrected chi connectivity index (χ3v) is 15.6. The van der Waals surface area contributed by atoms with E-state index < -0.39 is 52.2 Å². The van der Waals surface area contributed by atoms with E-state index in [1.54, 1.807) is 57.7 Å². The van der Waals surface area contributed by atoms with E-state index in [1.165, 1.54) is 60.7 Å². The SMILES string of the molecule is [2H]C([2H])([2H])c1cccc(C([2H])([2H])[2H])c1-c1cc2c(c(-c3c(C([2H])([2H])[2H])cccc3C([2H])([2H])[2H])c1)-[n+]1[c-]n(-c3cccc(Oc4ccc5c6ccccc6n(-c6cc(C(C)(C)C)ccn6)c5c4)c3)c3cc(-c4c(C([2H])([2H])[2H])cccc4C([2H])([2H])[2H])cc(c31)-c1ccccc1-c1ccccc1-2. The highest BCUT2D eigenvalue weighted by Crippen LogP contribution is 2.49. The number of para-hydroxylation sites is 1. The Balaban J connectivity index is 1.14. The Kier molecular flexibility index (Phi) is 7.95. The average Bonchev–Trinajstić information content (AvgIpc) is 1.62. The fourth-order valence-corrected chi connectivity index (χ4v) is 11.9. The van der Waals surface area contributed by atoms with Gasteiger partial charge in [0.15, 0.2) is 0 Å². The van der Waals surface area contributed by atoms with Crippen molar-refractivity contribution in [1.82, 2.24) is 14.1 Å². The van der Waals surface area contributed by atoms with Crippen molar-refractivity contribution in [3.63, 3.8) is 0 Å². The van der Waals surface area contributed by atoms with Gasteiger partial charge in [-0.3, -0.25) is 13.7 Å². The summed E-state index contributed by atoms with van der Waals surface area (Å²) in [5.74, 6) is 1.52. The second-order valence-corrected chi connectivity index (χ2v) is 21.6. The number of pyridine rings is 1. The number of hydrogen-bond donors (Lipinski definition) is 0. The molecule has 392 valence electrons. The van der Waals surface area contributed by atoms with E-state index >= 15 is 0 Å². The predicted molar refractivity (Wildman–Crippen MR) is 336 cm³/mol. The molecule has 13 aromatic rings. The van der Waals surface area contributed by atoms with Crippen LogP contribution in [0.4, 0.5) is 0 Å². The average molecular weight is 1070 g/mol. The van der Waals surface area contributed by atoms with Crippen molar-refractivity contribution in [2.75, 3.05) is 0 Å². The molecule has 0 unspecified atom stereocenters. The number of benzene rings is 10. The Hall–Kier alpha value is -9.58. The number of ether oxygens (including phenoxy) is 1. The smallest absolute Gasteiger partial charge is 0.269 e. The normalized spacial score (nSPS) is 16.2. The zero-order valence-electron chi connectivity index (χ0n) is 62.4. The van der Waals surface area contributed by atoms with Gasteiger partial charge in [-0.15, -0.1) is 0 Å². The molecule has 0 bridgehead atoms. The molecule has 0 fully saturated rings. The molecular weight excluding hydrogens is 985 g/mol. The summed E-state index contributed by atoms with van der Waals surface area (Å²) >= 11 is 0. The lowest BCUT2D eigenvalue weighted by atomic mass is 9.84. The highest BCUT2D eigenvalue weighted by Gasteiger charge is 2.30. The van der Waals surface area contributed by atoms with Crippen LogP contribution in [0.3, 0.4) is 0 Å². The number of aryl methyl sites for hydroxylation is 6. The third-order valence-electron chi connectivity index (χ3n) is 15.6. The largest absolute Gasteiger partial charge is 0.458 e. The summed E-state index contributed by atoms with van der Waals surface area (Å²) in [5, 5.41) is 1.96. The molecule has 1 aliphatic rings. The van der Waals surface area contributed by atoms with E-state index in [9.17, 15) is 8.22 Å². The van der Waals surface area contributed by atoms with Crippen LogP contribution in [0.2, 0.25) is 0 Å². The molecular formula is C76H62N4O. The summed E-state index contributed by atoms with van der Waals surface area (Å²) in [5.41, 5.74) is 4.17. The number of nitrogens with zero attached hydrogens (tertiary/aromatic N) is 4. The van der Waals surface area contributed by atoms with Crippen molar-refractivity contribution in [3.05, 3.63) is 258 Å². The lowest BCUT2D eigenvalue weighted by Gasteiger charge is -2.23. The van der Waals surface area contributed by atoms with Crippen molar-refractivity contribution in [1.29, 1.82) is 0 Å². The molecule has 5 heteroatoms. The first kappa shape index (κ1) is 33.8. The molecule has 0 amide bonds. The minimum atomic E-state index is -3.03. The lowest BCUT2D eigenvalue weighted by Crippen LogP contribution is -2.32. The van der Waals surface area contributed by atoms with Crippen LogP contribution in [0.5, 0.6) is 11.5 Å². The van der Waals surface area contributed by atoms with E-state index in [-0.39, 0.29) is 77.8 Å². The van der Waals surface area contributed by atoms with Gasteiger partial charge in [0, 0.05) is 47.7 Å². The van der Waals surface area contributed by atoms with Crippen molar-refractivity contribution < 1.29 is 34.0 Å². The van der Waals surface area contributed by atoms with Crippen molar-refractivity contribution >= 4 is 32.8 Å². The fourth-order valence-electron chi connectivity index (χ4n) is 11.9. The second kappa shape index (κ2) is 19.1. The fraction of sp³-hybridized carbons (Fsp3) is 0.132. The maximum atomic E-state index is 9.18. The molecule has 81 heavy (non-hydrogen) atoms. The van der Waals surface area contributed by atoms with Gasteiger partial charge < -0.3 is 4.74 Å². The van der Waals surface area contributed by atoms with E-state index in [4.69, 9.17) is 26.2 Å². The van der Waals surface area contributed by atoms with Crippen molar-refractivity contribution in [3.8, 4) is 95.5 Å². The van der Waals surface area contributed by atoms with Crippen LogP contribution in [0, 0.1) is 47.4 Å². The van der Waals surface area contributed by atoms with Gasteiger partial charge in [0.2, 0.25) is 0 Å². The van der Waals surface area contributed by atoms with Gasteiger partial charge in [0.05, 0.1) is 33.4 Å². The molecule has 0 aliphatic carbocycles. The van der Waals surface area contributed by atoms with Crippen LogP contribution >= 0.6 is 0 Å². The van der Waals surface area contributed by atoms with E-state index in [2.05, 4.69) is 43.8 Å². The molecule has 14 rings (SSSR count). The molecule has 0 N–H and O–H groups in total. The molecule has 0 saturated heterocycles. The molecule has 0 saturated carbocycles. The number of aromatic nitrogens is 4. The zero-order chi connectivity index (χ0) is 70.4. The summed E-state index contributed by atoms with van der Waals surface area (Å²) in [6.07, 6.45) is 5.45. The quantitative estimate of drug-likeness (QED) is 0.118. The van der Waals surface area contributed by atoms with Crippen LogP contribution in [0.25, 0.3) is 117 Å². The molecule has 0 radical (unpaired) electrons. The molecule has 1 aliphatic heterocycles. The van der Waals surface area contributed by atoms with Crippen LogP contribution in [0.15, 0.2) is 212 Å². The second-order valence-electron chi connectivity index (χ2n) is 21.6. The molecule has 4 heterocycles. The number of fused-ring (bicyclic) bond motifs is 10. The first-order valence-corrected chi connectivity index (χ1v) is 26.7. The standard InChI is InChI=1S/C76H62N4O/c1-46-20-16-21-47(2)71(46)52-38-64-60-30-12-10-28-58(60)59-29-11-13-31-61(59)65-39-53(72-48(3)22-17-23-49(72)4)41-69-75(65)79(74(64)66(40-52)73-50(5)24-18-25-51(73)6)45-78(69)55-26-19-27-56(43-55)81-57-34-35-63-62-32-14-15-33-67(62)80(68(63)44-57)70-42-54(36-37-77-70)76(7,8)9/h10-44H,1-9H3/i1D3,2D3,3D3,4D3,5D3,6D3. The summed E-state index contributed by atoms with van der Waals surface area (Å²) in [6.45, 7) is -11.2. The zero-order valence-corrected chi connectivity index (χ0v) is 44.4. The summed E-state index contributed by atoms with van der Waals surface area (Å²) in [6, 6.07) is 58.4. The topological polar surface area (TPSA) is 35.9 Å². The van der Waals surface area contributed by atoms with Crippen molar-refractivity contribution in [2.45, 2.75) is 67.3 Å². The number of rotatable bonds is 7. The summed E-state index contributed by atoms with van der Waals surface area (Å²) < 4.78 is 175. The van der Waals surface area contributed by atoms with Crippen LogP contribution in [-0.4, -0.2) is 14.1 Å². The highest BCUT2D eigenvalue weighted by molar-refractivity contribution is 6.10. The molecule has 3 aromatic heterocycles. The summed E-state index contributed by atoms with van der Waals surface area (Å²) in [4.78, 5) is 4.87. The maximum Gasteiger partial charge on any atom is 0.269 e. The number of hydrogen-bond acceptors (Lipinski definition) is 2. The minimum Gasteiger partial charge on any atom is -0.458 e. The Morgan fingerprint density at radius 3 is 1.62 bits per heavy atom. The Bertz CT molecular complexity index is 5350. The van der Waals surface area contributed by atoms with Crippen LogP contribution in [0.1, 0.15) is 84.4 Å². The first-order chi connectivity index (χ1) is 46.6. The van der Waals surface area contributed by atoms with Crippen LogP contribution in [-0.2, 0) is 5.41 Å². The molecule has 5 nitrogen and oxygen atoms in total. The monoisotopic (exact) mass is 1060 g/mol. The predicted octanol–water partition coefficient (Wildman–Crippen LogP) is 19.5. The van der Waals surface area contributed by atoms with E-state index in [0.717, 1.165) is 27.4 Å². The van der Waals surface area contributed by atoms with Gasteiger partial charge in [0.25, 0.3) is 6.33 Å². The minimum absolute atomic E-state index is 0.00387. The van der Waals surface area contributed by atoms with Gasteiger partial charge in [-0.05, 0) is 219 Å². The van der Waals surface area contributed by atoms with E-state index in [1.807, 2.05) is 91.1 Å². The van der Waals surface area contributed by atoms with Crippen LogP contribution < -0.4 is 9.30 Å². The summed E-state index contributed by atoms with van der Waals surface area (Å²) in [7, 11) is 0. The van der Waals surface area contributed by atoms with E-state index in [0.29, 0.717) is 56.3 Å². The van der Waals surface area contributed by atoms with Gasteiger partial charge in [-0.25, -0.2) is 4.98 Å². The molecule has 0 atom stereocenters. The Morgan fingerprint density at radius 2 is 0.975 bits per heavy atom. The Labute approximate surface area is 500 Å². The Morgan fingerprint density at radius 1 is 0.444 bits per heavy atom. The highest BCUT2D eigenvalue weighted by atomic mass is 16.5. The third kappa shape index (κ3) is 8.21. The molecule has 10 aromatic carbocycles. The molecule has 0 spiro atoms.